The fourth-order valence-corrected chi connectivity index (χ4v) is 2.54. The lowest BCUT2D eigenvalue weighted by Crippen LogP contribution is -2.16. The smallest absolute Gasteiger partial charge is 0.220 e. The van der Waals surface area contributed by atoms with Crippen LogP contribution in [0, 0.1) is 5.82 Å². The monoisotopic (exact) mass is 372 g/mol. The lowest BCUT2D eigenvalue weighted by molar-refractivity contribution is -0.149. The molecule has 27 heavy (non-hydrogen) atoms. The molecule has 5 N–H and O–H groups in total. The number of anilines is 1. The molecule has 0 fully saturated rings. The van der Waals surface area contributed by atoms with E-state index in [9.17, 15) is 4.39 Å². The Morgan fingerprint density at radius 1 is 1.15 bits per heavy atom. The summed E-state index contributed by atoms with van der Waals surface area (Å²) in [5, 5.41) is 0. The van der Waals surface area contributed by atoms with E-state index >= 15 is 0 Å². The van der Waals surface area contributed by atoms with Crippen molar-refractivity contribution in [2.45, 2.75) is 19.6 Å². The molecule has 3 rings (SSSR count). The molecule has 9 heteroatoms. The highest BCUT2D eigenvalue weighted by atomic mass is 19.1. The van der Waals surface area contributed by atoms with Gasteiger partial charge in [-0.15, -0.1) is 0 Å². The molecule has 1 aromatic carbocycles. The van der Waals surface area contributed by atoms with Crippen LogP contribution in [-0.4, -0.2) is 33.3 Å². The van der Waals surface area contributed by atoms with Crippen LogP contribution < -0.4 is 11.5 Å². The number of H-pyrrole nitrogens is 1. The molecular weight excluding hydrogens is 351 g/mol. The Morgan fingerprint density at radius 3 is 2.59 bits per heavy atom. The Kier molecular flexibility index (Phi) is 6.07. The summed E-state index contributed by atoms with van der Waals surface area (Å²) in [5.74, 6) is 0.226. The lowest BCUT2D eigenvalue weighted by atomic mass is 10.1. The minimum Gasteiger partial charge on any atom is -0.368 e. The molecule has 0 radical (unpaired) electrons. The van der Waals surface area contributed by atoms with Crippen molar-refractivity contribution in [2.24, 2.45) is 5.73 Å². The number of aromatic nitrogens is 4. The SMILES string of the molecule is CCCOC(OCN)c1nc(-c2ccc(F)cc2)c(-c2ccnc(N)n2)[nH]1. The second kappa shape index (κ2) is 8.67. The van der Waals surface area contributed by atoms with Crippen LogP contribution in [0.1, 0.15) is 25.5 Å². The standard InChI is InChI=1S/C18H21FN6O2/c1-2-9-26-17(27-10-20)16-24-14(11-3-5-12(19)6-4-11)15(25-16)13-7-8-22-18(21)23-13/h3-8,17H,2,9-10,20H2,1H3,(H,24,25)(H2,21,22,23). The predicted octanol–water partition coefficient (Wildman–Crippen LogP) is 2.61. The van der Waals surface area contributed by atoms with Crippen molar-refractivity contribution in [1.82, 2.24) is 19.9 Å². The molecule has 0 saturated carbocycles. The van der Waals surface area contributed by atoms with E-state index in [0.29, 0.717) is 35.1 Å². The number of rotatable bonds is 8. The maximum absolute atomic E-state index is 13.3. The van der Waals surface area contributed by atoms with Crippen LogP contribution in [0.25, 0.3) is 22.6 Å². The average molecular weight is 372 g/mol. The maximum atomic E-state index is 13.3. The number of nitrogen functional groups attached to an aromatic ring is 1. The van der Waals surface area contributed by atoms with Crippen LogP contribution >= 0.6 is 0 Å². The first-order valence-corrected chi connectivity index (χ1v) is 8.50. The Hall–Kier alpha value is -2.88. The summed E-state index contributed by atoms with van der Waals surface area (Å²) in [6.45, 7) is 2.43. The van der Waals surface area contributed by atoms with Crippen LogP contribution in [-0.2, 0) is 9.47 Å². The van der Waals surface area contributed by atoms with E-state index in [1.807, 2.05) is 6.92 Å². The highest BCUT2D eigenvalue weighted by molar-refractivity contribution is 5.76. The van der Waals surface area contributed by atoms with Gasteiger partial charge in [-0.3, -0.25) is 0 Å². The predicted molar refractivity (Wildman–Crippen MR) is 98.5 cm³/mol. The van der Waals surface area contributed by atoms with Crippen LogP contribution in [0.3, 0.4) is 0 Å². The molecule has 0 bridgehead atoms. The van der Waals surface area contributed by atoms with Gasteiger partial charge in [-0.2, -0.15) is 0 Å². The van der Waals surface area contributed by atoms with Gasteiger partial charge >= 0.3 is 0 Å². The van der Waals surface area contributed by atoms with E-state index in [1.54, 1.807) is 24.4 Å². The number of hydrogen-bond donors (Lipinski definition) is 3. The Morgan fingerprint density at radius 2 is 1.93 bits per heavy atom. The van der Waals surface area contributed by atoms with Crippen LogP contribution in [0.4, 0.5) is 10.3 Å². The third-order valence-electron chi connectivity index (χ3n) is 3.71. The molecular formula is C18H21FN6O2. The first-order valence-electron chi connectivity index (χ1n) is 8.50. The van der Waals surface area contributed by atoms with E-state index in [2.05, 4.69) is 19.9 Å². The summed E-state index contributed by atoms with van der Waals surface area (Å²) in [6.07, 6.45) is 1.60. The molecule has 3 aromatic rings. The van der Waals surface area contributed by atoms with Gasteiger partial charge in [0.15, 0.2) is 5.82 Å². The molecule has 0 aliphatic rings. The summed E-state index contributed by atoms with van der Waals surface area (Å²) in [5.41, 5.74) is 13.6. The third-order valence-corrected chi connectivity index (χ3v) is 3.71. The van der Waals surface area contributed by atoms with Gasteiger partial charge in [-0.1, -0.05) is 6.92 Å². The van der Waals surface area contributed by atoms with Crippen molar-refractivity contribution in [3.8, 4) is 22.6 Å². The molecule has 8 nitrogen and oxygen atoms in total. The van der Waals surface area contributed by atoms with E-state index in [1.165, 1.54) is 12.1 Å². The fourth-order valence-electron chi connectivity index (χ4n) is 2.54. The Labute approximate surface area is 155 Å². The number of nitrogens with zero attached hydrogens (tertiary/aromatic N) is 3. The van der Waals surface area contributed by atoms with Crippen molar-refractivity contribution < 1.29 is 13.9 Å². The van der Waals surface area contributed by atoms with Gasteiger partial charge in [0.2, 0.25) is 12.2 Å². The van der Waals surface area contributed by atoms with Gasteiger partial charge in [-0.25, -0.2) is 19.3 Å². The number of aromatic amines is 1. The highest BCUT2D eigenvalue weighted by Gasteiger charge is 2.22. The van der Waals surface area contributed by atoms with Crippen LogP contribution in [0.2, 0.25) is 0 Å². The first-order chi connectivity index (χ1) is 13.1. The van der Waals surface area contributed by atoms with Crippen molar-refractivity contribution in [3.63, 3.8) is 0 Å². The number of halogens is 1. The summed E-state index contributed by atoms with van der Waals surface area (Å²) < 4.78 is 24.5. The minimum absolute atomic E-state index is 0.0310. The van der Waals surface area contributed by atoms with E-state index in [0.717, 1.165) is 6.42 Å². The maximum Gasteiger partial charge on any atom is 0.220 e. The number of benzene rings is 1. The Balaban J connectivity index is 2.09. The molecule has 0 saturated heterocycles. The molecule has 1 unspecified atom stereocenters. The molecule has 0 spiro atoms. The van der Waals surface area contributed by atoms with Gasteiger partial charge in [0, 0.05) is 18.4 Å². The van der Waals surface area contributed by atoms with Gasteiger partial charge < -0.3 is 25.9 Å². The molecule has 2 aromatic heterocycles. The van der Waals surface area contributed by atoms with Crippen molar-refractivity contribution in [1.29, 1.82) is 0 Å². The first kappa shape index (κ1) is 18.9. The molecule has 142 valence electrons. The molecule has 2 heterocycles. The second-order valence-electron chi connectivity index (χ2n) is 5.69. The average Bonchev–Trinajstić information content (AvgIpc) is 3.11. The Bertz CT molecular complexity index is 884. The van der Waals surface area contributed by atoms with E-state index < -0.39 is 6.29 Å². The summed E-state index contributed by atoms with van der Waals surface area (Å²) in [7, 11) is 0. The van der Waals surface area contributed by atoms with Crippen LogP contribution in [0.5, 0.6) is 0 Å². The van der Waals surface area contributed by atoms with Gasteiger partial charge in [0.05, 0.1) is 23.8 Å². The minimum atomic E-state index is -0.762. The number of hydrogen-bond acceptors (Lipinski definition) is 7. The number of imidazole rings is 1. The zero-order valence-electron chi connectivity index (χ0n) is 14.9. The fraction of sp³-hybridized carbons (Fsp3) is 0.278. The van der Waals surface area contributed by atoms with Crippen molar-refractivity contribution in [2.75, 3.05) is 19.1 Å². The van der Waals surface area contributed by atoms with Gasteiger partial charge in [0.25, 0.3) is 0 Å². The number of nitrogens with one attached hydrogen (secondary N) is 1. The topological polar surface area (TPSA) is 125 Å². The quantitative estimate of drug-likeness (QED) is 0.519. The van der Waals surface area contributed by atoms with Crippen molar-refractivity contribution >= 4 is 5.95 Å². The number of nitrogens with two attached hydrogens (primary N) is 2. The van der Waals surface area contributed by atoms with E-state index in [4.69, 9.17) is 20.9 Å². The summed E-state index contributed by atoms with van der Waals surface area (Å²) >= 11 is 0. The zero-order valence-corrected chi connectivity index (χ0v) is 14.9. The number of ether oxygens (including phenoxy) is 2. The normalized spacial score (nSPS) is 12.3. The molecule has 0 aliphatic heterocycles. The molecule has 0 aliphatic carbocycles. The van der Waals surface area contributed by atoms with E-state index in [-0.39, 0.29) is 18.5 Å². The van der Waals surface area contributed by atoms with Gasteiger partial charge in [0.1, 0.15) is 5.82 Å². The lowest BCUT2D eigenvalue weighted by Gasteiger charge is -2.14. The molecule has 0 amide bonds. The zero-order chi connectivity index (χ0) is 19.2. The largest absolute Gasteiger partial charge is 0.368 e. The van der Waals surface area contributed by atoms with Crippen LogP contribution in [0.15, 0.2) is 36.5 Å². The second-order valence-corrected chi connectivity index (χ2v) is 5.69. The van der Waals surface area contributed by atoms with Gasteiger partial charge in [-0.05, 0) is 36.8 Å². The van der Waals surface area contributed by atoms with Crippen molar-refractivity contribution in [3.05, 3.63) is 48.2 Å². The summed E-state index contributed by atoms with van der Waals surface area (Å²) in [6, 6.07) is 7.70. The highest BCUT2D eigenvalue weighted by Crippen LogP contribution is 2.31. The molecule has 1 atom stereocenters. The third kappa shape index (κ3) is 4.45. The summed E-state index contributed by atoms with van der Waals surface area (Å²) in [4.78, 5) is 15.9.